The number of aromatic nitrogens is 1. The molecule has 0 spiro atoms. The van der Waals surface area contributed by atoms with Crippen molar-refractivity contribution < 1.29 is 9.47 Å². The Morgan fingerprint density at radius 3 is 2.66 bits per heavy atom. The smallest absolute Gasteiger partial charge is 0.180 e. The molecule has 8 heteroatoms. The van der Waals surface area contributed by atoms with Crippen LogP contribution in [0.4, 0.5) is 0 Å². The summed E-state index contributed by atoms with van der Waals surface area (Å²) in [7, 11) is 1.55. The average molecular weight is 499 g/mol. The lowest BCUT2D eigenvalue weighted by molar-refractivity contribution is 0.284. The molecule has 4 aromatic rings. The number of ether oxygens (including phenoxy) is 2. The molecule has 1 heterocycles. The van der Waals surface area contributed by atoms with Crippen LogP contribution in [0.2, 0.25) is 10.0 Å². The third-order valence-electron chi connectivity index (χ3n) is 4.43. The fourth-order valence-corrected chi connectivity index (χ4v) is 5.30. The molecule has 4 nitrogen and oxygen atoms in total. The Hall–Kier alpha value is -2.69. The summed E-state index contributed by atoms with van der Waals surface area (Å²) in [4.78, 5) is 5.07. The molecule has 0 atom stereocenters. The van der Waals surface area contributed by atoms with Gasteiger partial charge in [-0.25, -0.2) is 4.98 Å². The molecule has 1 aromatic heterocycles. The number of thioether (sulfide) groups is 1. The van der Waals surface area contributed by atoms with Gasteiger partial charge in [0.05, 0.1) is 27.3 Å². The molecule has 0 N–H and O–H groups in total. The lowest BCUT2D eigenvalue weighted by Gasteiger charge is -2.13. The molecule has 0 saturated heterocycles. The molecule has 32 heavy (non-hydrogen) atoms. The summed E-state index contributed by atoms with van der Waals surface area (Å²) in [6.45, 7) is 0.319. The van der Waals surface area contributed by atoms with Gasteiger partial charge in [-0.1, -0.05) is 47.5 Å². The first-order chi connectivity index (χ1) is 15.6. The molecule has 0 unspecified atom stereocenters. The summed E-state index contributed by atoms with van der Waals surface area (Å²) >= 11 is 15.3. The molecule has 0 radical (unpaired) electrons. The summed E-state index contributed by atoms with van der Waals surface area (Å²) in [6.07, 6.45) is 1.76. The van der Waals surface area contributed by atoms with Gasteiger partial charge in [0.25, 0.3) is 0 Å². The maximum atomic E-state index is 9.64. The van der Waals surface area contributed by atoms with E-state index in [1.807, 2.05) is 36.4 Å². The Bertz CT molecular complexity index is 1300. The molecule has 0 aliphatic rings. The van der Waals surface area contributed by atoms with Crippen LogP contribution in [0.5, 0.6) is 11.5 Å². The van der Waals surface area contributed by atoms with Crippen LogP contribution in [0.1, 0.15) is 11.1 Å². The number of allylic oxidation sites excluding steroid dienone is 1. The van der Waals surface area contributed by atoms with E-state index in [-0.39, 0.29) is 0 Å². The van der Waals surface area contributed by atoms with Gasteiger partial charge in [-0.15, -0.1) is 11.3 Å². The number of rotatable bonds is 7. The van der Waals surface area contributed by atoms with Crippen molar-refractivity contribution in [2.24, 2.45) is 0 Å². The van der Waals surface area contributed by atoms with E-state index in [1.54, 1.807) is 48.8 Å². The highest BCUT2D eigenvalue weighted by Crippen LogP contribution is 2.39. The van der Waals surface area contributed by atoms with Crippen LogP contribution in [0, 0.1) is 11.3 Å². The highest BCUT2D eigenvalue weighted by Gasteiger charge is 2.13. The highest BCUT2D eigenvalue weighted by molar-refractivity contribution is 8.05. The minimum Gasteiger partial charge on any atom is -0.493 e. The number of nitrogens with zero attached hydrogens (tertiary/aromatic N) is 2. The van der Waals surface area contributed by atoms with Crippen LogP contribution < -0.4 is 9.47 Å². The number of fused-ring (bicyclic) bond motifs is 1. The molecule has 0 amide bonds. The molecular formula is C24H16Cl2N2O2S2. The quantitative estimate of drug-likeness (QED) is 0.191. The molecule has 0 fully saturated rings. The molecule has 0 aliphatic carbocycles. The SMILES string of the molecule is COc1cc(/C=C(\C#N)Sc2nc3ccccc3s2)cc(Cl)c1OCc1ccc(Cl)cc1. The third-order valence-corrected chi connectivity index (χ3v) is 6.99. The van der Waals surface area contributed by atoms with Crippen molar-refractivity contribution in [1.29, 1.82) is 5.26 Å². The number of hydrogen-bond acceptors (Lipinski definition) is 6. The van der Waals surface area contributed by atoms with Crippen LogP contribution in [-0.4, -0.2) is 12.1 Å². The predicted octanol–water partition coefficient (Wildman–Crippen LogP) is 7.85. The first-order valence-electron chi connectivity index (χ1n) is 9.45. The number of thiazole rings is 1. The van der Waals surface area contributed by atoms with E-state index in [9.17, 15) is 5.26 Å². The van der Waals surface area contributed by atoms with Gasteiger partial charge in [-0.05, 0) is 65.4 Å². The van der Waals surface area contributed by atoms with Crippen molar-refractivity contribution in [2.75, 3.05) is 7.11 Å². The van der Waals surface area contributed by atoms with Crippen molar-refractivity contribution in [2.45, 2.75) is 10.9 Å². The van der Waals surface area contributed by atoms with Gasteiger partial charge < -0.3 is 9.47 Å². The van der Waals surface area contributed by atoms with Crippen molar-refractivity contribution >= 4 is 62.6 Å². The van der Waals surface area contributed by atoms with E-state index in [0.717, 1.165) is 25.7 Å². The van der Waals surface area contributed by atoms with Crippen molar-refractivity contribution in [1.82, 2.24) is 4.98 Å². The minimum absolute atomic E-state index is 0.319. The molecular weight excluding hydrogens is 483 g/mol. The monoisotopic (exact) mass is 498 g/mol. The fraction of sp³-hybridized carbons (Fsp3) is 0.0833. The zero-order chi connectivity index (χ0) is 22.5. The van der Waals surface area contributed by atoms with Gasteiger partial charge in [-0.3, -0.25) is 0 Å². The summed E-state index contributed by atoms with van der Waals surface area (Å²) in [5.74, 6) is 0.929. The van der Waals surface area contributed by atoms with Crippen LogP contribution in [-0.2, 0) is 6.61 Å². The first kappa shape index (κ1) is 22.5. The maximum absolute atomic E-state index is 9.64. The largest absolute Gasteiger partial charge is 0.493 e. The second-order valence-electron chi connectivity index (χ2n) is 6.62. The van der Waals surface area contributed by atoms with Crippen LogP contribution in [0.3, 0.4) is 0 Å². The Morgan fingerprint density at radius 1 is 1.16 bits per heavy atom. The lowest BCUT2D eigenvalue weighted by Crippen LogP contribution is -1.99. The Labute approximate surface area is 204 Å². The first-order valence-corrected chi connectivity index (χ1v) is 11.8. The molecule has 160 valence electrons. The Morgan fingerprint density at radius 2 is 1.94 bits per heavy atom. The number of benzene rings is 3. The molecule has 4 rings (SSSR count). The standard InChI is InChI=1S/C24H16Cl2N2O2S2/c1-29-21-12-16(11-19(26)23(21)30-14-15-6-8-17(25)9-7-15)10-18(13-27)31-24-28-20-4-2-3-5-22(20)32-24/h2-12H,14H2,1H3/b18-10+. The minimum atomic E-state index is 0.319. The van der Waals surface area contributed by atoms with Gasteiger partial charge >= 0.3 is 0 Å². The van der Waals surface area contributed by atoms with Gasteiger partial charge in [0, 0.05) is 5.02 Å². The Kier molecular flexibility index (Phi) is 7.23. The molecule has 0 saturated carbocycles. The van der Waals surface area contributed by atoms with Crippen LogP contribution >= 0.6 is 46.3 Å². The van der Waals surface area contributed by atoms with Crippen molar-refractivity contribution in [3.63, 3.8) is 0 Å². The van der Waals surface area contributed by atoms with E-state index in [0.29, 0.717) is 33.1 Å². The molecule has 0 bridgehead atoms. The van der Waals surface area contributed by atoms with E-state index in [4.69, 9.17) is 32.7 Å². The normalized spacial score (nSPS) is 11.4. The van der Waals surface area contributed by atoms with E-state index >= 15 is 0 Å². The van der Waals surface area contributed by atoms with Crippen molar-refractivity contribution in [3.8, 4) is 17.6 Å². The van der Waals surface area contributed by atoms with Gasteiger partial charge in [-0.2, -0.15) is 5.26 Å². The number of nitriles is 1. The zero-order valence-electron chi connectivity index (χ0n) is 16.8. The lowest BCUT2D eigenvalue weighted by atomic mass is 10.2. The zero-order valence-corrected chi connectivity index (χ0v) is 20.0. The average Bonchev–Trinajstić information content (AvgIpc) is 3.21. The van der Waals surface area contributed by atoms with Gasteiger partial charge in [0.2, 0.25) is 0 Å². The number of halogens is 2. The predicted molar refractivity (Wildman–Crippen MR) is 133 cm³/mol. The van der Waals surface area contributed by atoms with E-state index < -0.39 is 0 Å². The summed E-state index contributed by atoms with van der Waals surface area (Å²) in [5.41, 5.74) is 2.61. The van der Waals surface area contributed by atoms with Crippen LogP contribution in [0.15, 0.2) is 69.9 Å². The summed E-state index contributed by atoms with van der Waals surface area (Å²) in [5, 5.41) is 10.7. The number of methoxy groups -OCH3 is 1. The summed E-state index contributed by atoms with van der Waals surface area (Å²) in [6, 6.07) is 21.0. The van der Waals surface area contributed by atoms with Gasteiger partial charge in [0.1, 0.15) is 12.7 Å². The summed E-state index contributed by atoms with van der Waals surface area (Å²) < 4.78 is 13.3. The Balaban J connectivity index is 1.55. The van der Waals surface area contributed by atoms with Crippen LogP contribution in [0.25, 0.3) is 16.3 Å². The third kappa shape index (κ3) is 5.37. The highest BCUT2D eigenvalue weighted by atomic mass is 35.5. The van der Waals surface area contributed by atoms with Crippen molar-refractivity contribution in [3.05, 3.63) is 86.7 Å². The van der Waals surface area contributed by atoms with E-state index in [1.165, 1.54) is 11.8 Å². The maximum Gasteiger partial charge on any atom is 0.180 e. The number of hydrogen-bond donors (Lipinski definition) is 0. The number of para-hydroxylation sites is 1. The molecule has 3 aromatic carbocycles. The fourth-order valence-electron chi connectivity index (χ4n) is 2.92. The topological polar surface area (TPSA) is 55.1 Å². The second-order valence-corrected chi connectivity index (χ2v) is 9.78. The van der Waals surface area contributed by atoms with Gasteiger partial charge in [0.15, 0.2) is 15.8 Å². The molecule has 0 aliphatic heterocycles. The second kappa shape index (κ2) is 10.3. The van der Waals surface area contributed by atoms with E-state index in [2.05, 4.69) is 11.1 Å².